The van der Waals surface area contributed by atoms with Gasteiger partial charge in [0, 0.05) is 0 Å². The summed E-state index contributed by atoms with van der Waals surface area (Å²) in [4.78, 5) is 19.6. The molecule has 0 fully saturated rings. The average Bonchev–Trinajstić information content (AvgIpc) is 2.65. The summed E-state index contributed by atoms with van der Waals surface area (Å²) in [6, 6.07) is 3.34. The Morgan fingerprint density at radius 1 is 1.40 bits per heavy atom. The first-order chi connectivity index (χ1) is 7.25. The molecule has 0 aliphatic heterocycles. The molecular formula is C9H7N3OSSn. The van der Waals surface area contributed by atoms with Gasteiger partial charge in [0.05, 0.1) is 0 Å². The van der Waals surface area contributed by atoms with Gasteiger partial charge in [0.15, 0.2) is 0 Å². The monoisotopic (exact) mass is 325 g/mol. The van der Waals surface area contributed by atoms with E-state index in [0.29, 0.717) is 10.7 Å². The fourth-order valence-corrected chi connectivity index (χ4v) is 2.76. The van der Waals surface area contributed by atoms with Crippen molar-refractivity contribution in [1.29, 1.82) is 0 Å². The van der Waals surface area contributed by atoms with Gasteiger partial charge in [0.2, 0.25) is 0 Å². The summed E-state index contributed by atoms with van der Waals surface area (Å²) >= 11 is 2.53. The molecule has 0 atom stereocenters. The van der Waals surface area contributed by atoms with Crippen molar-refractivity contribution in [3.8, 4) is 0 Å². The Kier molecular flexibility index (Phi) is 3.32. The van der Waals surface area contributed by atoms with E-state index in [2.05, 4.69) is 15.3 Å². The molecule has 2 aromatic heterocycles. The Morgan fingerprint density at radius 3 is 2.73 bits per heavy atom. The van der Waals surface area contributed by atoms with Crippen molar-refractivity contribution >= 4 is 47.8 Å². The molecule has 15 heavy (non-hydrogen) atoms. The molecule has 2 heterocycles. The van der Waals surface area contributed by atoms with Crippen LogP contribution in [0.15, 0.2) is 30.7 Å². The van der Waals surface area contributed by atoms with Gasteiger partial charge in [0.25, 0.3) is 0 Å². The molecule has 0 saturated heterocycles. The summed E-state index contributed by atoms with van der Waals surface area (Å²) in [5.74, 6) is -0.146. The minimum atomic E-state index is -0.146. The van der Waals surface area contributed by atoms with Crippen LogP contribution in [-0.4, -0.2) is 38.4 Å². The van der Waals surface area contributed by atoms with Crippen molar-refractivity contribution < 1.29 is 4.79 Å². The zero-order valence-electron chi connectivity index (χ0n) is 7.68. The number of amides is 1. The quantitative estimate of drug-likeness (QED) is 0.810. The molecule has 2 radical (unpaired) electrons. The van der Waals surface area contributed by atoms with Crippen molar-refractivity contribution in [1.82, 2.24) is 9.97 Å². The first kappa shape index (κ1) is 10.6. The Balaban J connectivity index is 2.11. The molecule has 0 bridgehead atoms. The van der Waals surface area contributed by atoms with E-state index < -0.39 is 0 Å². The van der Waals surface area contributed by atoms with E-state index in [9.17, 15) is 4.79 Å². The fourth-order valence-electron chi connectivity index (χ4n) is 1.02. The normalized spacial score (nSPS) is 9.93. The molecule has 74 valence electrons. The van der Waals surface area contributed by atoms with Crippen LogP contribution in [0.4, 0.5) is 5.13 Å². The van der Waals surface area contributed by atoms with Gasteiger partial charge < -0.3 is 0 Å². The summed E-state index contributed by atoms with van der Waals surface area (Å²) in [6.07, 6.45) is 4.97. The molecule has 1 N–H and O–H groups in total. The molecule has 0 unspecified atom stereocenters. The van der Waals surface area contributed by atoms with E-state index in [1.807, 2.05) is 0 Å². The molecule has 4 nitrogen and oxygen atoms in total. The maximum atomic E-state index is 11.7. The van der Waals surface area contributed by atoms with E-state index in [-0.39, 0.29) is 5.91 Å². The second-order valence-electron chi connectivity index (χ2n) is 2.76. The van der Waals surface area contributed by atoms with Crippen molar-refractivity contribution in [2.45, 2.75) is 0 Å². The number of nitrogens with one attached hydrogen (secondary N) is 1. The SMILES string of the molecule is O=C(Nc1nc[c]([SnH])s1)c1ccncc1. The number of hydrogen-bond donors (Lipinski definition) is 1. The molecule has 0 spiro atoms. The van der Waals surface area contributed by atoms with Crippen LogP contribution < -0.4 is 8.21 Å². The van der Waals surface area contributed by atoms with Crippen LogP contribution >= 0.6 is 11.3 Å². The van der Waals surface area contributed by atoms with Crippen molar-refractivity contribution in [3.63, 3.8) is 0 Å². The van der Waals surface area contributed by atoms with Crippen LogP contribution in [0.5, 0.6) is 0 Å². The second-order valence-corrected chi connectivity index (χ2v) is 6.79. The molecule has 0 saturated carbocycles. The van der Waals surface area contributed by atoms with Crippen LogP contribution in [-0.2, 0) is 0 Å². The van der Waals surface area contributed by atoms with Crippen LogP contribution in [0.3, 0.4) is 0 Å². The number of anilines is 1. The van der Waals surface area contributed by atoms with Gasteiger partial charge in [-0.25, -0.2) is 0 Å². The van der Waals surface area contributed by atoms with E-state index in [4.69, 9.17) is 0 Å². The van der Waals surface area contributed by atoms with Crippen LogP contribution in [0, 0.1) is 0 Å². The summed E-state index contributed by atoms with van der Waals surface area (Å²) in [7, 11) is 0. The predicted octanol–water partition coefficient (Wildman–Crippen LogP) is 0.316. The molecule has 6 heteroatoms. The van der Waals surface area contributed by atoms with E-state index in [1.54, 1.807) is 30.7 Å². The Morgan fingerprint density at radius 2 is 2.13 bits per heavy atom. The number of thiazole rings is 1. The number of carbonyl (C=O) groups excluding carboxylic acids is 1. The zero-order chi connectivity index (χ0) is 10.7. The molecular weight excluding hydrogens is 317 g/mol. The number of carbonyl (C=O) groups is 1. The molecule has 2 rings (SSSR count). The molecule has 0 aliphatic rings. The predicted molar refractivity (Wildman–Crippen MR) is 61.1 cm³/mol. The van der Waals surface area contributed by atoms with Crippen molar-refractivity contribution in [3.05, 3.63) is 36.3 Å². The minimum absolute atomic E-state index is 0.146. The summed E-state index contributed by atoms with van der Waals surface area (Å²) in [5.41, 5.74) is 0.592. The summed E-state index contributed by atoms with van der Waals surface area (Å²) < 4.78 is 1.20. The Labute approximate surface area is 104 Å². The summed E-state index contributed by atoms with van der Waals surface area (Å²) in [6.45, 7) is 0. The number of hydrogen-bond acceptors (Lipinski definition) is 4. The van der Waals surface area contributed by atoms with E-state index in [0.717, 1.165) is 22.5 Å². The Bertz CT molecular complexity index is 471. The van der Waals surface area contributed by atoms with Gasteiger partial charge in [-0.05, 0) is 0 Å². The molecule has 2 aromatic rings. The third-order valence-corrected chi connectivity index (χ3v) is 3.86. The van der Waals surface area contributed by atoms with Gasteiger partial charge in [-0.3, -0.25) is 0 Å². The number of pyridine rings is 1. The van der Waals surface area contributed by atoms with Gasteiger partial charge in [0.1, 0.15) is 0 Å². The number of nitrogens with zero attached hydrogens (tertiary/aromatic N) is 2. The molecule has 0 aromatic carbocycles. The maximum absolute atomic E-state index is 11.7. The van der Waals surface area contributed by atoms with Gasteiger partial charge in [-0.2, -0.15) is 0 Å². The van der Waals surface area contributed by atoms with E-state index >= 15 is 0 Å². The van der Waals surface area contributed by atoms with Crippen molar-refractivity contribution in [2.75, 3.05) is 5.32 Å². The average molecular weight is 324 g/mol. The zero-order valence-corrected chi connectivity index (χ0v) is 11.8. The van der Waals surface area contributed by atoms with Gasteiger partial charge >= 0.3 is 104 Å². The van der Waals surface area contributed by atoms with Gasteiger partial charge in [-0.1, -0.05) is 0 Å². The van der Waals surface area contributed by atoms with Crippen LogP contribution in [0.25, 0.3) is 0 Å². The van der Waals surface area contributed by atoms with Crippen molar-refractivity contribution in [2.24, 2.45) is 0 Å². The second kappa shape index (κ2) is 4.71. The van der Waals surface area contributed by atoms with Gasteiger partial charge in [-0.15, -0.1) is 0 Å². The van der Waals surface area contributed by atoms with E-state index in [1.165, 1.54) is 14.2 Å². The molecule has 0 aliphatic carbocycles. The number of aromatic nitrogens is 2. The van der Waals surface area contributed by atoms with Crippen LogP contribution in [0.1, 0.15) is 10.4 Å². The summed E-state index contributed by atoms with van der Waals surface area (Å²) in [5, 5.41) is 3.39. The standard InChI is InChI=1S/C9H6N3OS.Sn.H/c13-8(7-1-3-10-4-2-7)12-9-11-5-6-14-9;;/h1-5H,(H,11,12,13);;. The number of rotatable bonds is 2. The topological polar surface area (TPSA) is 54.9 Å². The third-order valence-electron chi connectivity index (χ3n) is 1.69. The first-order valence-corrected chi connectivity index (χ1v) is 6.65. The fraction of sp³-hybridized carbons (Fsp3) is 0. The molecule has 1 amide bonds. The third kappa shape index (κ3) is 2.75. The first-order valence-electron chi connectivity index (χ1n) is 4.18. The Hall–Kier alpha value is -0.951. The van der Waals surface area contributed by atoms with Crippen LogP contribution in [0.2, 0.25) is 0 Å².